The third-order valence-electron chi connectivity index (χ3n) is 1.88. The van der Waals surface area contributed by atoms with Crippen LogP contribution in [0.15, 0.2) is 45.9 Å². The van der Waals surface area contributed by atoms with E-state index in [2.05, 4.69) is 73.7 Å². The number of rotatable bonds is 1. The maximum absolute atomic E-state index is 4.83. The average Bonchev–Trinajstić information content (AvgIpc) is 2.41. The van der Waals surface area contributed by atoms with E-state index in [4.69, 9.17) is 46.4 Å². The highest BCUT2D eigenvalue weighted by atomic mass is 79.9. The largest absolute Gasteiger partial charge is 0.266 e. The highest BCUT2D eigenvalue weighted by Crippen LogP contribution is 2.30. The van der Waals surface area contributed by atoms with Gasteiger partial charge in [-0.15, -0.1) is 0 Å². The molecule has 0 amide bonds. The summed E-state index contributed by atoms with van der Waals surface area (Å²) in [5.41, 5.74) is 2.30. The molecule has 2 nitrogen and oxygen atoms in total. The molecule has 0 aliphatic carbocycles. The van der Waals surface area contributed by atoms with Gasteiger partial charge in [-0.05, 0) is 62.0 Å². The molecule has 128 valence electrons. The molecule has 0 fully saturated rings. The molecular weight excluding hydrogens is 646 g/mol. The number of pyridine rings is 2. The smallest absolute Gasteiger partial charge is 0.249 e. The molecule has 10 heteroatoms. The second-order valence-electron chi connectivity index (χ2n) is 3.80. The fourth-order valence-corrected chi connectivity index (χ4v) is 1.98. The summed E-state index contributed by atoms with van der Waals surface area (Å²) >= 11 is 32.5. The number of aromatic nitrogens is 2. The summed E-state index contributed by atoms with van der Waals surface area (Å²) in [5, 5.41) is 0. The van der Waals surface area contributed by atoms with E-state index >= 15 is 0 Å². The molecule has 0 spiro atoms. The first-order valence-corrected chi connectivity index (χ1v) is 10.7. The van der Waals surface area contributed by atoms with E-state index in [0.29, 0.717) is 0 Å². The molecule has 0 unspecified atom stereocenters. The highest BCUT2D eigenvalue weighted by molar-refractivity contribution is 9.24. The zero-order chi connectivity index (χ0) is 18.0. The molecule has 0 aromatic carbocycles. The van der Waals surface area contributed by atoms with Gasteiger partial charge >= 0.3 is 0 Å². The molecule has 0 atom stereocenters. The van der Waals surface area contributed by atoms with Gasteiger partial charge in [0.2, 0.25) is 0 Å². The van der Waals surface area contributed by atoms with Crippen LogP contribution in [0, 0.1) is 6.92 Å². The molecule has 0 aliphatic heterocycles. The lowest BCUT2D eigenvalue weighted by Crippen LogP contribution is -1.81. The fraction of sp³-hybridized carbons (Fsp3) is 0.231. The van der Waals surface area contributed by atoms with Gasteiger partial charge < -0.3 is 0 Å². The number of hydrogen-bond donors (Lipinski definition) is 0. The first-order chi connectivity index (χ1) is 10.5. The van der Waals surface area contributed by atoms with Crippen molar-refractivity contribution in [3.05, 3.63) is 57.0 Å². The Morgan fingerprint density at radius 1 is 0.870 bits per heavy atom. The first kappa shape index (κ1) is 24.4. The summed E-state index contributed by atoms with van der Waals surface area (Å²) < 4.78 is 0.334. The van der Waals surface area contributed by atoms with Crippen LogP contribution in [-0.2, 0) is 0 Å². The van der Waals surface area contributed by atoms with E-state index in [1.165, 1.54) is 5.56 Å². The molecule has 0 saturated heterocycles. The van der Waals surface area contributed by atoms with E-state index < -0.39 is 3.25 Å². The Labute approximate surface area is 189 Å². The number of nitrogens with zero attached hydrogens (tertiary/aromatic N) is 2. The van der Waals surface area contributed by atoms with E-state index in [-0.39, 0.29) is 3.74 Å². The van der Waals surface area contributed by atoms with Crippen molar-refractivity contribution in [3.63, 3.8) is 0 Å². The van der Waals surface area contributed by atoms with Gasteiger partial charge in [0.1, 0.15) is 9.21 Å². The number of hydrogen-bond acceptors (Lipinski definition) is 2. The standard InChI is InChI=1S/C6H4Br3N.C6H6BrN.CCl4/c7-5-2-1-4(3-10-5)6(8)9;1-5-2-3-6(7)8-4-5;2-1(3,4)5/h1-3,6H;2-4H,1H3;. The Balaban J connectivity index is 0.000000335. The lowest BCUT2D eigenvalue weighted by Gasteiger charge is -1.99. The number of alkyl halides is 6. The van der Waals surface area contributed by atoms with Crippen molar-refractivity contribution in [1.82, 2.24) is 9.97 Å². The van der Waals surface area contributed by atoms with Crippen LogP contribution >= 0.6 is 110 Å². The van der Waals surface area contributed by atoms with Crippen LogP contribution in [0.4, 0.5) is 0 Å². The zero-order valence-electron chi connectivity index (χ0n) is 11.5. The predicted molar refractivity (Wildman–Crippen MR) is 115 cm³/mol. The third kappa shape index (κ3) is 16.6. The monoisotopic (exact) mass is 650 g/mol. The van der Waals surface area contributed by atoms with Crippen LogP contribution in [0.1, 0.15) is 14.9 Å². The first-order valence-electron chi connectivity index (χ1n) is 5.72. The van der Waals surface area contributed by atoms with Gasteiger partial charge in [-0.1, -0.05) is 90.4 Å². The molecule has 0 saturated carbocycles. The van der Waals surface area contributed by atoms with Crippen LogP contribution in [0.25, 0.3) is 0 Å². The summed E-state index contributed by atoms with van der Waals surface area (Å²) in [5.74, 6) is 0. The Hall–Kier alpha value is 1.38. The van der Waals surface area contributed by atoms with Gasteiger partial charge in [-0.25, -0.2) is 9.97 Å². The minimum Gasteiger partial charge on any atom is -0.249 e. The van der Waals surface area contributed by atoms with E-state index in [9.17, 15) is 0 Å². The Morgan fingerprint density at radius 2 is 1.30 bits per heavy atom. The van der Waals surface area contributed by atoms with E-state index in [1.807, 2.05) is 37.4 Å². The predicted octanol–water partition coefficient (Wildman–Crippen LogP) is 8.34. The topological polar surface area (TPSA) is 25.8 Å². The summed E-state index contributed by atoms with van der Waals surface area (Å²) in [7, 11) is 0. The molecular formula is C13H10Br4Cl4N2. The van der Waals surface area contributed by atoms with Crippen molar-refractivity contribution in [3.8, 4) is 0 Å². The molecule has 23 heavy (non-hydrogen) atoms. The van der Waals surface area contributed by atoms with Gasteiger partial charge in [-0.3, -0.25) is 0 Å². The molecule has 0 N–H and O–H groups in total. The Kier molecular flexibility index (Phi) is 13.4. The minimum absolute atomic E-state index is 0.195. The van der Waals surface area contributed by atoms with Crippen LogP contribution in [0.3, 0.4) is 0 Å². The molecule has 2 heterocycles. The zero-order valence-corrected chi connectivity index (χ0v) is 20.8. The van der Waals surface area contributed by atoms with Gasteiger partial charge in [0, 0.05) is 12.4 Å². The van der Waals surface area contributed by atoms with E-state index in [0.717, 1.165) is 14.8 Å². The maximum Gasteiger partial charge on any atom is 0.266 e. The van der Waals surface area contributed by atoms with Gasteiger partial charge in [0.15, 0.2) is 0 Å². The number of aryl methyl sites for hydroxylation is 1. The van der Waals surface area contributed by atoms with Crippen molar-refractivity contribution < 1.29 is 0 Å². The van der Waals surface area contributed by atoms with Crippen molar-refractivity contribution in [1.29, 1.82) is 0 Å². The van der Waals surface area contributed by atoms with Gasteiger partial charge in [0.05, 0.1) is 3.74 Å². The van der Waals surface area contributed by atoms with Crippen molar-refractivity contribution in [2.75, 3.05) is 0 Å². The summed E-state index contributed by atoms with van der Waals surface area (Å²) in [6.07, 6.45) is 3.63. The van der Waals surface area contributed by atoms with Crippen LogP contribution < -0.4 is 0 Å². The van der Waals surface area contributed by atoms with Gasteiger partial charge in [-0.2, -0.15) is 0 Å². The lowest BCUT2D eigenvalue weighted by molar-refractivity contribution is 1.22. The molecule has 0 radical (unpaired) electrons. The van der Waals surface area contributed by atoms with Gasteiger partial charge in [0.25, 0.3) is 3.25 Å². The van der Waals surface area contributed by atoms with Crippen molar-refractivity contribution in [2.45, 2.75) is 13.9 Å². The van der Waals surface area contributed by atoms with E-state index in [1.54, 1.807) is 6.20 Å². The average molecular weight is 656 g/mol. The van der Waals surface area contributed by atoms with Crippen molar-refractivity contribution in [2.24, 2.45) is 0 Å². The van der Waals surface area contributed by atoms with Crippen LogP contribution in [0.2, 0.25) is 0 Å². The highest BCUT2D eigenvalue weighted by Gasteiger charge is 2.11. The quantitative estimate of drug-likeness (QED) is 0.228. The second kappa shape index (κ2) is 12.7. The molecule has 0 bridgehead atoms. The summed E-state index contributed by atoms with van der Waals surface area (Å²) in [4.78, 5) is 8.05. The van der Waals surface area contributed by atoms with Crippen LogP contribution in [0.5, 0.6) is 0 Å². The normalized spacial score (nSPS) is 10.3. The SMILES string of the molecule is Brc1ccc(C(Br)Br)cn1.Cc1ccc(Br)nc1.ClC(Cl)(Cl)Cl. The summed E-state index contributed by atoms with van der Waals surface area (Å²) in [6.45, 7) is 2.01. The third-order valence-corrected chi connectivity index (χ3v) is 3.87. The molecule has 2 aromatic heterocycles. The summed E-state index contributed by atoms with van der Waals surface area (Å²) in [6, 6.07) is 7.84. The Bertz CT molecular complexity index is 533. The Morgan fingerprint density at radius 3 is 1.57 bits per heavy atom. The minimum atomic E-state index is -1.61. The maximum atomic E-state index is 4.83. The number of halogens is 8. The fourth-order valence-electron chi connectivity index (χ4n) is 0.966. The second-order valence-corrected chi connectivity index (χ2v) is 11.9. The molecule has 2 rings (SSSR count). The lowest BCUT2D eigenvalue weighted by atomic mass is 10.3. The van der Waals surface area contributed by atoms with Crippen molar-refractivity contribution >= 4 is 110 Å². The van der Waals surface area contributed by atoms with Crippen LogP contribution in [-0.4, -0.2) is 13.2 Å². The molecule has 2 aromatic rings. The molecule has 0 aliphatic rings.